The summed E-state index contributed by atoms with van der Waals surface area (Å²) in [7, 11) is 0. The first-order valence-electron chi connectivity index (χ1n) is 2.70. The van der Waals surface area contributed by atoms with Gasteiger partial charge in [0, 0.05) is 6.20 Å². The maximum absolute atomic E-state index is 10.9. The molecule has 0 spiro atoms. The van der Waals surface area contributed by atoms with Crippen LogP contribution < -0.4 is 5.73 Å². The van der Waals surface area contributed by atoms with Gasteiger partial charge in [0.05, 0.1) is 0 Å². The molecular formula is C5H7ClN2OS. The monoisotopic (exact) mass is 178 g/mol. The molecule has 0 aromatic carbocycles. The van der Waals surface area contributed by atoms with Crippen molar-refractivity contribution in [1.82, 2.24) is 4.90 Å². The third-order valence-electron chi connectivity index (χ3n) is 1.12. The molecule has 0 radical (unpaired) electrons. The predicted octanol–water partition coefficient (Wildman–Crippen LogP) is 0.514. The summed E-state index contributed by atoms with van der Waals surface area (Å²) < 4.78 is 0. The molecule has 0 saturated heterocycles. The molecule has 1 aliphatic rings. The van der Waals surface area contributed by atoms with E-state index < -0.39 is 0 Å². The smallest absolute Gasteiger partial charge is 0.243 e. The SMILES string of the molecule is N[C@@H]1SC=CN1C(=O)CCl. The van der Waals surface area contributed by atoms with Crippen LogP contribution in [0.5, 0.6) is 0 Å². The largest absolute Gasteiger partial charge is 0.302 e. The van der Waals surface area contributed by atoms with Crippen LogP contribution >= 0.6 is 23.4 Å². The fourth-order valence-electron chi connectivity index (χ4n) is 0.626. The maximum atomic E-state index is 10.9. The molecule has 0 unspecified atom stereocenters. The van der Waals surface area contributed by atoms with Gasteiger partial charge in [0.2, 0.25) is 5.91 Å². The van der Waals surface area contributed by atoms with E-state index in [-0.39, 0.29) is 17.3 Å². The molecule has 10 heavy (non-hydrogen) atoms. The van der Waals surface area contributed by atoms with Crippen molar-refractivity contribution >= 4 is 29.3 Å². The molecule has 0 aliphatic carbocycles. The molecule has 0 fully saturated rings. The number of nitrogens with zero attached hydrogens (tertiary/aromatic N) is 1. The van der Waals surface area contributed by atoms with Gasteiger partial charge in [-0.15, -0.1) is 11.6 Å². The summed E-state index contributed by atoms with van der Waals surface area (Å²) in [6, 6.07) is 0. The van der Waals surface area contributed by atoms with E-state index in [1.807, 2.05) is 0 Å². The van der Waals surface area contributed by atoms with Crippen molar-refractivity contribution in [1.29, 1.82) is 0 Å². The Kier molecular flexibility index (Phi) is 2.59. The summed E-state index contributed by atoms with van der Waals surface area (Å²) in [5, 5.41) is 1.77. The summed E-state index contributed by atoms with van der Waals surface area (Å²) in [6.45, 7) is 0. The molecule has 1 amide bonds. The zero-order valence-corrected chi connectivity index (χ0v) is 6.73. The van der Waals surface area contributed by atoms with Crippen molar-refractivity contribution in [2.75, 3.05) is 5.88 Å². The van der Waals surface area contributed by atoms with Gasteiger partial charge in [-0.05, 0) is 5.41 Å². The zero-order chi connectivity index (χ0) is 7.56. The van der Waals surface area contributed by atoms with Crippen LogP contribution in [-0.4, -0.2) is 22.2 Å². The lowest BCUT2D eigenvalue weighted by Crippen LogP contribution is -2.37. The topological polar surface area (TPSA) is 46.3 Å². The molecule has 1 atom stereocenters. The van der Waals surface area contributed by atoms with Crippen LogP contribution in [0, 0.1) is 0 Å². The van der Waals surface area contributed by atoms with E-state index in [2.05, 4.69) is 0 Å². The van der Waals surface area contributed by atoms with Gasteiger partial charge in [0.1, 0.15) is 11.4 Å². The molecule has 5 heteroatoms. The Morgan fingerprint density at radius 1 is 1.90 bits per heavy atom. The standard InChI is InChI=1S/C5H7ClN2OS/c6-3-4(9)8-1-2-10-5(8)7/h1-2,5H,3,7H2/t5-/m0/s1. The van der Waals surface area contributed by atoms with Crippen LogP contribution in [0.2, 0.25) is 0 Å². The van der Waals surface area contributed by atoms with Gasteiger partial charge in [0.25, 0.3) is 0 Å². The van der Waals surface area contributed by atoms with Crippen LogP contribution in [0.4, 0.5) is 0 Å². The number of amides is 1. The molecule has 1 rings (SSSR count). The first-order valence-corrected chi connectivity index (χ1v) is 4.18. The van der Waals surface area contributed by atoms with Gasteiger partial charge in [0.15, 0.2) is 0 Å². The van der Waals surface area contributed by atoms with Gasteiger partial charge < -0.3 is 5.73 Å². The predicted molar refractivity (Wildman–Crippen MR) is 42.3 cm³/mol. The van der Waals surface area contributed by atoms with Crippen LogP contribution in [0.15, 0.2) is 11.6 Å². The van der Waals surface area contributed by atoms with Crippen molar-refractivity contribution in [2.45, 2.75) is 5.50 Å². The van der Waals surface area contributed by atoms with Crippen LogP contribution in [0.25, 0.3) is 0 Å². The molecule has 56 valence electrons. The number of hydrogen-bond acceptors (Lipinski definition) is 3. The van der Waals surface area contributed by atoms with E-state index in [4.69, 9.17) is 17.3 Å². The Hall–Kier alpha value is -0.190. The van der Waals surface area contributed by atoms with Crippen LogP contribution in [-0.2, 0) is 4.79 Å². The molecule has 0 saturated carbocycles. The summed E-state index contributed by atoms with van der Waals surface area (Å²) in [4.78, 5) is 12.3. The third kappa shape index (κ3) is 1.45. The fraction of sp³-hybridized carbons (Fsp3) is 0.400. The molecule has 1 heterocycles. The van der Waals surface area contributed by atoms with Crippen molar-refractivity contribution < 1.29 is 4.79 Å². The first-order chi connectivity index (χ1) is 4.75. The Morgan fingerprint density at radius 3 is 3.00 bits per heavy atom. The molecule has 1 aliphatic heterocycles. The first kappa shape index (κ1) is 7.91. The number of carbonyl (C=O) groups is 1. The van der Waals surface area contributed by atoms with Gasteiger partial charge >= 0.3 is 0 Å². The number of rotatable bonds is 1. The lowest BCUT2D eigenvalue weighted by Gasteiger charge is -2.16. The molecular weight excluding hydrogens is 172 g/mol. The number of alkyl halides is 1. The zero-order valence-electron chi connectivity index (χ0n) is 5.16. The number of nitrogens with two attached hydrogens (primary N) is 1. The average molecular weight is 179 g/mol. The molecule has 0 aromatic heterocycles. The molecule has 3 nitrogen and oxygen atoms in total. The molecule has 2 N–H and O–H groups in total. The molecule has 0 bridgehead atoms. The van der Waals surface area contributed by atoms with Crippen molar-refractivity contribution in [3.63, 3.8) is 0 Å². The Morgan fingerprint density at radius 2 is 2.60 bits per heavy atom. The number of carbonyl (C=O) groups excluding carboxylic acids is 1. The lowest BCUT2D eigenvalue weighted by atomic mass is 10.6. The highest BCUT2D eigenvalue weighted by Gasteiger charge is 2.20. The summed E-state index contributed by atoms with van der Waals surface area (Å²) in [5.41, 5.74) is 5.22. The third-order valence-corrected chi connectivity index (χ3v) is 2.13. The van der Waals surface area contributed by atoms with E-state index >= 15 is 0 Å². The number of thioether (sulfide) groups is 1. The lowest BCUT2D eigenvalue weighted by molar-refractivity contribution is -0.126. The minimum Gasteiger partial charge on any atom is -0.302 e. The highest BCUT2D eigenvalue weighted by molar-refractivity contribution is 8.02. The summed E-state index contributed by atoms with van der Waals surface area (Å²) in [5.74, 6) is -0.172. The van der Waals surface area contributed by atoms with E-state index in [0.717, 1.165) is 0 Å². The van der Waals surface area contributed by atoms with Crippen molar-refractivity contribution in [3.8, 4) is 0 Å². The highest BCUT2D eigenvalue weighted by atomic mass is 35.5. The van der Waals surface area contributed by atoms with Crippen molar-refractivity contribution in [3.05, 3.63) is 11.6 Å². The summed E-state index contributed by atoms with van der Waals surface area (Å²) >= 11 is 6.70. The second-order valence-corrected chi connectivity index (χ2v) is 3.04. The second kappa shape index (κ2) is 3.27. The Labute approximate surface area is 68.2 Å². The normalized spacial score (nSPS) is 23.8. The van der Waals surface area contributed by atoms with E-state index in [0.29, 0.717) is 0 Å². The minimum absolute atomic E-state index is 0.0153. The number of hydrogen-bond donors (Lipinski definition) is 1. The maximum Gasteiger partial charge on any atom is 0.243 e. The van der Waals surface area contributed by atoms with Gasteiger partial charge in [-0.2, -0.15) is 0 Å². The Bertz CT molecular complexity index is 173. The Balaban J connectivity index is 2.55. The van der Waals surface area contributed by atoms with Gasteiger partial charge in [-0.1, -0.05) is 11.8 Å². The quantitative estimate of drug-likeness (QED) is 0.596. The number of halogens is 1. The van der Waals surface area contributed by atoms with Crippen LogP contribution in [0.1, 0.15) is 0 Å². The van der Waals surface area contributed by atoms with E-state index in [1.54, 1.807) is 11.6 Å². The summed E-state index contributed by atoms with van der Waals surface area (Å²) in [6.07, 6.45) is 1.64. The van der Waals surface area contributed by atoms with Crippen LogP contribution in [0.3, 0.4) is 0 Å². The van der Waals surface area contributed by atoms with Gasteiger partial charge in [-0.3, -0.25) is 9.69 Å². The second-order valence-electron chi connectivity index (χ2n) is 1.75. The minimum atomic E-state index is -0.286. The van der Waals surface area contributed by atoms with E-state index in [1.165, 1.54) is 16.7 Å². The molecule has 0 aromatic rings. The fourth-order valence-corrected chi connectivity index (χ4v) is 1.45. The van der Waals surface area contributed by atoms with Crippen molar-refractivity contribution in [2.24, 2.45) is 5.73 Å². The van der Waals surface area contributed by atoms with Gasteiger partial charge in [-0.25, -0.2) is 0 Å². The van der Waals surface area contributed by atoms with E-state index in [9.17, 15) is 4.79 Å². The highest BCUT2D eigenvalue weighted by Crippen LogP contribution is 2.20. The average Bonchev–Trinajstić information content (AvgIpc) is 2.34.